The molecule has 1 aromatic heterocycles. The molecule has 0 fully saturated rings. The fourth-order valence-corrected chi connectivity index (χ4v) is 2.60. The van der Waals surface area contributed by atoms with Crippen LogP contribution in [0.1, 0.15) is 12.8 Å². The molecule has 0 aliphatic carbocycles. The van der Waals surface area contributed by atoms with E-state index >= 15 is 0 Å². The number of rotatable bonds is 1. The Hall–Kier alpha value is -0.490. The van der Waals surface area contributed by atoms with Crippen LogP contribution in [-0.2, 0) is 13.1 Å². The summed E-state index contributed by atoms with van der Waals surface area (Å²) in [6, 6.07) is 0. The standard InChI is InChI=1S/C7H11N3OS2/c1-13-10-6(11)8-4-2-3-5-9(8)7(10)12/h2-5H2,1H3. The van der Waals surface area contributed by atoms with Gasteiger partial charge < -0.3 is 0 Å². The van der Waals surface area contributed by atoms with Gasteiger partial charge in [-0.25, -0.2) is 13.4 Å². The van der Waals surface area contributed by atoms with Crippen LogP contribution in [0.2, 0.25) is 0 Å². The molecule has 1 aliphatic rings. The van der Waals surface area contributed by atoms with Crippen molar-refractivity contribution < 1.29 is 0 Å². The second-order valence-corrected chi connectivity index (χ2v) is 4.09. The van der Waals surface area contributed by atoms with Crippen LogP contribution in [-0.4, -0.2) is 19.6 Å². The van der Waals surface area contributed by atoms with Crippen molar-refractivity contribution in [3.8, 4) is 0 Å². The maximum absolute atomic E-state index is 11.7. The van der Waals surface area contributed by atoms with Crippen molar-refractivity contribution >= 4 is 24.2 Å². The molecule has 0 aromatic carbocycles. The van der Waals surface area contributed by atoms with E-state index in [1.807, 2.05) is 10.9 Å². The minimum absolute atomic E-state index is 0.0113. The van der Waals surface area contributed by atoms with Gasteiger partial charge in [0, 0.05) is 19.3 Å². The molecule has 0 radical (unpaired) electrons. The zero-order valence-electron chi connectivity index (χ0n) is 7.39. The molecule has 6 heteroatoms. The summed E-state index contributed by atoms with van der Waals surface area (Å²) < 4.78 is 5.85. The first kappa shape index (κ1) is 9.08. The molecule has 0 unspecified atom stereocenters. The van der Waals surface area contributed by atoms with Crippen LogP contribution in [0.15, 0.2) is 4.79 Å². The van der Waals surface area contributed by atoms with Crippen molar-refractivity contribution in [2.75, 3.05) is 6.26 Å². The predicted octanol–water partition coefficient (Wildman–Crippen LogP) is 1.10. The second kappa shape index (κ2) is 3.34. The Morgan fingerprint density at radius 3 is 2.46 bits per heavy atom. The molecule has 4 nitrogen and oxygen atoms in total. The Morgan fingerprint density at radius 1 is 1.31 bits per heavy atom. The quantitative estimate of drug-likeness (QED) is 0.660. The lowest BCUT2D eigenvalue weighted by Crippen LogP contribution is -2.28. The molecule has 0 saturated heterocycles. The zero-order valence-corrected chi connectivity index (χ0v) is 9.03. The van der Waals surface area contributed by atoms with Gasteiger partial charge in [-0.3, -0.25) is 4.68 Å². The Balaban J connectivity index is 2.71. The summed E-state index contributed by atoms with van der Waals surface area (Å²) in [6.45, 7) is 1.68. The molecule has 0 atom stereocenters. The third kappa shape index (κ3) is 1.28. The van der Waals surface area contributed by atoms with Gasteiger partial charge in [-0.15, -0.1) is 0 Å². The molecule has 2 rings (SSSR count). The van der Waals surface area contributed by atoms with Crippen molar-refractivity contribution in [3.05, 3.63) is 15.3 Å². The fourth-order valence-electron chi connectivity index (χ4n) is 1.61. The first-order valence-electron chi connectivity index (χ1n) is 4.23. The highest BCUT2D eigenvalue weighted by molar-refractivity contribution is 7.97. The lowest BCUT2D eigenvalue weighted by molar-refractivity contribution is 0.352. The summed E-state index contributed by atoms with van der Waals surface area (Å²) in [7, 11) is 0. The lowest BCUT2D eigenvalue weighted by atomic mass is 10.3. The van der Waals surface area contributed by atoms with Gasteiger partial charge in [0.1, 0.15) is 0 Å². The number of hydrogen-bond acceptors (Lipinski definition) is 3. The van der Waals surface area contributed by atoms with Crippen LogP contribution in [0.3, 0.4) is 0 Å². The van der Waals surface area contributed by atoms with Gasteiger partial charge in [-0.05, 0) is 37.0 Å². The highest BCUT2D eigenvalue weighted by Crippen LogP contribution is 2.08. The van der Waals surface area contributed by atoms with Crippen LogP contribution in [0.4, 0.5) is 0 Å². The molecule has 13 heavy (non-hydrogen) atoms. The minimum atomic E-state index is 0.0113. The largest absolute Gasteiger partial charge is 0.355 e. The SMILES string of the molecule is CSn1c(=O)n2n(c1=S)CCCC2. The average molecular weight is 217 g/mol. The topological polar surface area (TPSA) is 31.9 Å². The maximum Gasteiger partial charge on any atom is 0.355 e. The molecule has 0 amide bonds. The molecule has 1 aromatic rings. The summed E-state index contributed by atoms with van der Waals surface area (Å²) in [4.78, 5) is 11.7. The van der Waals surface area contributed by atoms with Gasteiger partial charge in [0.25, 0.3) is 0 Å². The van der Waals surface area contributed by atoms with Crippen LogP contribution in [0.25, 0.3) is 0 Å². The molecule has 72 valence electrons. The van der Waals surface area contributed by atoms with E-state index < -0.39 is 0 Å². The smallest absolute Gasteiger partial charge is 0.255 e. The van der Waals surface area contributed by atoms with Gasteiger partial charge in [0.05, 0.1) is 0 Å². The second-order valence-electron chi connectivity index (χ2n) is 3.00. The summed E-state index contributed by atoms with van der Waals surface area (Å²) in [5.74, 6) is 0. The summed E-state index contributed by atoms with van der Waals surface area (Å²) in [5.41, 5.74) is 0.0113. The van der Waals surface area contributed by atoms with E-state index in [1.54, 1.807) is 8.65 Å². The fraction of sp³-hybridized carbons (Fsp3) is 0.714. The van der Waals surface area contributed by atoms with Crippen molar-refractivity contribution in [1.29, 1.82) is 0 Å². The highest BCUT2D eigenvalue weighted by Gasteiger charge is 2.15. The third-order valence-corrected chi connectivity index (χ3v) is 3.46. The third-order valence-electron chi connectivity index (χ3n) is 2.25. The first-order valence-corrected chi connectivity index (χ1v) is 5.82. The van der Waals surface area contributed by atoms with E-state index in [-0.39, 0.29) is 5.69 Å². The van der Waals surface area contributed by atoms with Crippen molar-refractivity contribution in [2.45, 2.75) is 25.9 Å². The highest BCUT2D eigenvalue weighted by atomic mass is 32.2. The minimum Gasteiger partial charge on any atom is -0.255 e. The van der Waals surface area contributed by atoms with E-state index in [1.165, 1.54) is 11.9 Å². The number of nitrogens with zero attached hydrogens (tertiary/aromatic N) is 3. The lowest BCUT2D eigenvalue weighted by Gasteiger charge is -2.14. The van der Waals surface area contributed by atoms with E-state index in [0.29, 0.717) is 4.77 Å². The van der Waals surface area contributed by atoms with E-state index in [9.17, 15) is 4.79 Å². The Morgan fingerprint density at radius 2 is 1.92 bits per heavy atom. The van der Waals surface area contributed by atoms with Gasteiger partial charge in [-0.1, -0.05) is 0 Å². The average Bonchev–Trinajstić information content (AvgIpc) is 2.41. The summed E-state index contributed by atoms with van der Waals surface area (Å²) in [6.07, 6.45) is 4.06. The Kier molecular flexibility index (Phi) is 2.33. The number of aromatic nitrogens is 3. The maximum atomic E-state index is 11.7. The van der Waals surface area contributed by atoms with Crippen LogP contribution in [0, 0.1) is 4.77 Å². The van der Waals surface area contributed by atoms with E-state index in [2.05, 4.69) is 0 Å². The molecule has 0 bridgehead atoms. The molecule has 0 N–H and O–H groups in total. The van der Waals surface area contributed by atoms with Crippen molar-refractivity contribution in [2.24, 2.45) is 0 Å². The molecular weight excluding hydrogens is 206 g/mol. The molecule has 0 spiro atoms. The molecular formula is C7H11N3OS2. The van der Waals surface area contributed by atoms with Gasteiger partial charge in [-0.2, -0.15) is 0 Å². The Labute approximate surface area is 85.3 Å². The molecule has 1 aliphatic heterocycles. The van der Waals surface area contributed by atoms with Gasteiger partial charge in [0.2, 0.25) is 4.77 Å². The zero-order chi connectivity index (χ0) is 9.42. The number of fused-ring (bicyclic) bond motifs is 1. The monoisotopic (exact) mass is 217 g/mol. The Bertz CT molecular complexity index is 390. The van der Waals surface area contributed by atoms with Gasteiger partial charge in [0.15, 0.2) is 0 Å². The molecule has 2 heterocycles. The first-order chi connectivity index (χ1) is 6.25. The van der Waals surface area contributed by atoms with Crippen molar-refractivity contribution in [1.82, 2.24) is 13.3 Å². The summed E-state index contributed by atoms with van der Waals surface area (Å²) in [5, 5.41) is 0. The normalized spacial score (nSPS) is 15.8. The van der Waals surface area contributed by atoms with Crippen LogP contribution < -0.4 is 5.69 Å². The molecule has 0 saturated carbocycles. The van der Waals surface area contributed by atoms with Gasteiger partial charge >= 0.3 is 5.69 Å². The number of hydrogen-bond donors (Lipinski definition) is 0. The van der Waals surface area contributed by atoms with E-state index in [0.717, 1.165) is 25.9 Å². The van der Waals surface area contributed by atoms with Crippen LogP contribution in [0.5, 0.6) is 0 Å². The summed E-state index contributed by atoms with van der Waals surface area (Å²) >= 11 is 6.56. The van der Waals surface area contributed by atoms with Crippen molar-refractivity contribution in [3.63, 3.8) is 0 Å². The van der Waals surface area contributed by atoms with Crippen LogP contribution >= 0.6 is 24.2 Å². The predicted molar refractivity (Wildman–Crippen MR) is 55.7 cm³/mol. The van der Waals surface area contributed by atoms with E-state index in [4.69, 9.17) is 12.2 Å².